The second kappa shape index (κ2) is 8.64. The van der Waals surface area contributed by atoms with Gasteiger partial charge in [-0.15, -0.1) is 0 Å². The first kappa shape index (κ1) is 21.3. The van der Waals surface area contributed by atoms with E-state index in [1.54, 1.807) is 23.1 Å². The molecule has 9 nitrogen and oxygen atoms in total. The van der Waals surface area contributed by atoms with E-state index in [0.717, 1.165) is 0 Å². The van der Waals surface area contributed by atoms with Gasteiger partial charge in [-0.05, 0) is 24.3 Å². The van der Waals surface area contributed by atoms with E-state index in [2.05, 4.69) is 0 Å². The SMILES string of the molecule is COc1ccc(S(=O)(=O)N2CCN(C(=O)C3COc4ccccc4O3)CC2)cc1OC. The molecule has 2 aromatic carbocycles. The molecule has 0 spiro atoms. The van der Waals surface area contributed by atoms with E-state index >= 15 is 0 Å². The van der Waals surface area contributed by atoms with E-state index < -0.39 is 16.1 Å². The van der Waals surface area contributed by atoms with Gasteiger partial charge in [0.25, 0.3) is 5.91 Å². The van der Waals surface area contributed by atoms with Crippen molar-refractivity contribution in [3.8, 4) is 23.0 Å². The predicted molar refractivity (Wildman–Crippen MR) is 111 cm³/mol. The summed E-state index contributed by atoms with van der Waals surface area (Å²) in [6.07, 6.45) is -0.746. The van der Waals surface area contributed by atoms with Crippen LogP contribution in [0.15, 0.2) is 47.4 Å². The lowest BCUT2D eigenvalue weighted by atomic mass is 10.2. The minimum absolute atomic E-state index is 0.116. The highest BCUT2D eigenvalue weighted by molar-refractivity contribution is 7.89. The molecule has 0 bridgehead atoms. The van der Waals surface area contributed by atoms with E-state index in [4.69, 9.17) is 18.9 Å². The second-order valence-corrected chi connectivity index (χ2v) is 9.05. The Kier molecular flexibility index (Phi) is 5.92. The molecule has 0 N–H and O–H groups in total. The molecule has 10 heteroatoms. The topological polar surface area (TPSA) is 94.6 Å². The standard InChI is InChI=1S/C21H24N2O7S/c1-27-16-8-7-15(13-19(16)28-2)31(25,26)23-11-9-22(10-12-23)21(24)20-14-29-17-5-3-4-6-18(17)30-20/h3-8,13,20H,9-12,14H2,1-2H3. The number of para-hydroxylation sites is 2. The molecule has 0 aromatic heterocycles. The minimum atomic E-state index is -3.73. The van der Waals surface area contributed by atoms with Crippen molar-refractivity contribution in [3.05, 3.63) is 42.5 Å². The van der Waals surface area contributed by atoms with E-state index in [9.17, 15) is 13.2 Å². The molecule has 31 heavy (non-hydrogen) atoms. The first-order valence-electron chi connectivity index (χ1n) is 9.83. The van der Waals surface area contributed by atoms with Gasteiger partial charge in [-0.2, -0.15) is 4.31 Å². The van der Waals surface area contributed by atoms with Gasteiger partial charge in [-0.1, -0.05) is 12.1 Å². The summed E-state index contributed by atoms with van der Waals surface area (Å²) in [7, 11) is -0.789. The maximum Gasteiger partial charge on any atom is 0.267 e. The number of rotatable bonds is 5. The van der Waals surface area contributed by atoms with Gasteiger partial charge in [-0.3, -0.25) is 4.79 Å². The number of nitrogens with zero attached hydrogens (tertiary/aromatic N) is 2. The van der Waals surface area contributed by atoms with Crippen LogP contribution in [0.2, 0.25) is 0 Å². The number of carbonyl (C=O) groups excluding carboxylic acids is 1. The number of fused-ring (bicyclic) bond motifs is 1. The van der Waals surface area contributed by atoms with Crippen molar-refractivity contribution in [2.75, 3.05) is 47.0 Å². The molecule has 1 fully saturated rings. The fourth-order valence-corrected chi connectivity index (χ4v) is 5.06. The molecular weight excluding hydrogens is 424 g/mol. The largest absolute Gasteiger partial charge is 0.493 e. The molecule has 4 rings (SSSR count). The number of benzene rings is 2. The zero-order valence-electron chi connectivity index (χ0n) is 17.3. The average Bonchev–Trinajstić information content (AvgIpc) is 2.82. The van der Waals surface area contributed by atoms with Crippen LogP contribution in [-0.4, -0.2) is 76.6 Å². The summed E-state index contributed by atoms with van der Waals surface area (Å²) in [6, 6.07) is 11.7. The maximum atomic E-state index is 13.1. The monoisotopic (exact) mass is 448 g/mol. The zero-order valence-corrected chi connectivity index (χ0v) is 18.1. The first-order chi connectivity index (χ1) is 14.9. The Labute approximate surface area is 181 Å². The molecule has 1 atom stereocenters. The summed E-state index contributed by atoms with van der Waals surface area (Å²) in [5, 5.41) is 0. The number of sulfonamides is 1. The number of ether oxygens (including phenoxy) is 4. The van der Waals surface area contributed by atoms with Crippen LogP contribution in [-0.2, 0) is 14.8 Å². The summed E-state index contributed by atoms with van der Waals surface area (Å²) >= 11 is 0. The van der Waals surface area contributed by atoms with Crippen LogP contribution in [0.4, 0.5) is 0 Å². The number of piperazine rings is 1. The Morgan fingerprint density at radius 3 is 2.32 bits per heavy atom. The third-order valence-electron chi connectivity index (χ3n) is 5.33. The Balaban J connectivity index is 1.41. The fraction of sp³-hybridized carbons (Fsp3) is 0.381. The number of amides is 1. The van der Waals surface area contributed by atoms with Gasteiger partial charge < -0.3 is 23.8 Å². The van der Waals surface area contributed by atoms with Crippen molar-refractivity contribution >= 4 is 15.9 Å². The summed E-state index contributed by atoms with van der Waals surface area (Å²) in [5.41, 5.74) is 0. The lowest BCUT2D eigenvalue weighted by molar-refractivity contribution is -0.142. The van der Waals surface area contributed by atoms with Crippen LogP contribution in [0.25, 0.3) is 0 Å². The molecule has 0 saturated carbocycles. The molecule has 1 amide bonds. The lowest BCUT2D eigenvalue weighted by Crippen LogP contribution is -2.55. The van der Waals surface area contributed by atoms with Gasteiger partial charge in [0.15, 0.2) is 23.0 Å². The van der Waals surface area contributed by atoms with E-state index in [1.807, 2.05) is 12.1 Å². The highest BCUT2D eigenvalue weighted by Crippen LogP contribution is 2.32. The second-order valence-electron chi connectivity index (χ2n) is 7.11. The number of hydrogen-bond donors (Lipinski definition) is 0. The molecule has 0 radical (unpaired) electrons. The van der Waals surface area contributed by atoms with Crippen LogP contribution in [0.5, 0.6) is 23.0 Å². The third-order valence-corrected chi connectivity index (χ3v) is 7.22. The van der Waals surface area contributed by atoms with Gasteiger partial charge in [-0.25, -0.2) is 8.42 Å². The van der Waals surface area contributed by atoms with Crippen molar-refractivity contribution in [3.63, 3.8) is 0 Å². The summed E-state index contributed by atoms with van der Waals surface area (Å²) in [4.78, 5) is 14.6. The van der Waals surface area contributed by atoms with Gasteiger partial charge in [0, 0.05) is 32.2 Å². The highest BCUT2D eigenvalue weighted by Gasteiger charge is 2.35. The van der Waals surface area contributed by atoms with Crippen LogP contribution < -0.4 is 18.9 Å². The van der Waals surface area contributed by atoms with Gasteiger partial charge in [0.05, 0.1) is 19.1 Å². The van der Waals surface area contributed by atoms with Crippen LogP contribution in [0.1, 0.15) is 0 Å². The summed E-state index contributed by atoms with van der Waals surface area (Å²) in [5.74, 6) is 1.72. The van der Waals surface area contributed by atoms with Crippen LogP contribution in [0.3, 0.4) is 0 Å². The van der Waals surface area contributed by atoms with Crippen LogP contribution in [0, 0.1) is 0 Å². The molecule has 2 aliphatic heterocycles. The molecule has 2 aromatic rings. The average molecular weight is 448 g/mol. The van der Waals surface area contributed by atoms with Gasteiger partial charge in [0.2, 0.25) is 16.1 Å². The van der Waals surface area contributed by atoms with Crippen LogP contribution >= 0.6 is 0 Å². The predicted octanol–water partition coefficient (Wildman–Crippen LogP) is 1.38. The van der Waals surface area contributed by atoms with Crippen molar-refractivity contribution in [1.29, 1.82) is 0 Å². The van der Waals surface area contributed by atoms with Crippen molar-refractivity contribution in [2.24, 2.45) is 0 Å². The minimum Gasteiger partial charge on any atom is -0.493 e. The Hall–Kier alpha value is -2.98. The summed E-state index contributed by atoms with van der Waals surface area (Å²) < 4.78 is 49.3. The molecule has 166 valence electrons. The highest BCUT2D eigenvalue weighted by atomic mass is 32.2. The number of carbonyl (C=O) groups is 1. The molecular formula is C21H24N2O7S. The zero-order chi connectivity index (χ0) is 22.0. The van der Waals surface area contributed by atoms with E-state index in [1.165, 1.54) is 30.7 Å². The number of methoxy groups -OCH3 is 2. The van der Waals surface area contributed by atoms with E-state index in [0.29, 0.717) is 23.0 Å². The van der Waals surface area contributed by atoms with Gasteiger partial charge in [0.1, 0.15) is 6.61 Å². The molecule has 1 saturated heterocycles. The van der Waals surface area contributed by atoms with E-state index in [-0.39, 0.29) is 43.6 Å². The quantitative estimate of drug-likeness (QED) is 0.682. The first-order valence-corrected chi connectivity index (χ1v) is 11.3. The summed E-state index contributed by atoms with van der Waals surface area (Å²) in [6.45, 7) is 1.04. The van der Waals surface area contributed by atoms with Crippen molar-refractivity contribution in [1.82, 2.24) is 9.21 Å². The molecule has 2 aliphatic rings. The molecule has 2 heterocycles. The third kappa shape index (κ3) is 4.13. The Morgan fingerprint density at radius 1 is 0.968 bits per heavy atom. The normalized spacial score (nSPS) is 19.0. The lowest BCUT2D eigenvalue weighted by Gasteiger charge is -2.36. The van der Waals surface area contributed by atoms with Crippen molar-refractivity contribution < 1.29 is 32.2 Å². The van der Waals surface area contributed by atoms with Gasteiger partial charge >= 0.3 is 0 Å². The van der Waals surface area contributed by atoms with Crippen molar-refractivity contribution in [2.45, 2.75) is 11.0 Å². The molecule has 0 aliphatic carbocycles. The maximum absolute atomic E-state index is 13.1. The smallest absolute Gasteiger partial charge is 0.267 e. The Bertz CT molecular complexity index is 1070. The Morgan fingerprint density at radius 2 is 1.65 bits per heavy atom. The number of hydrogen-bond acceptors (Lipinski definition) is 7. The fourth-order valence-electron chi connectivity index (χ4n) is 3.62. The molecule has 1 unspecified atom stereocenters.